The van der Waals surface area contributed by atoms with E-state index in [0.717, 1.165) is 17.3 Å². The van der Waals surface area contributed by atoms with Crippen LogP contribution in [0.25, 0.3) is 0 Å². The number of methoxy groups -OCH3 is 1. The van der Waals surface area contributed by atoms with Crippen molar-refractivity contribution in [2.75, 3.05) is 20.2 Å². The molecule has 1 saturated heterocycles. The summed E-state index contributed by atoms with van der Waals surface area (Å²) in [5.41, 5.74) is 1.19. The molecule has 0 amide bonds. The van der Waals surface area contributed by atoms with Gasteiger partial charge in [-0.25, -0.2) is 0 Å². The van der Waals surface area contributed by atoms with E-state index in [0.29, 0.717) is 0 Å². The zero-order valence-electron chi connectivity index (χ0n) is 9.71. The van der Waals surface area contributed by atoms with Crippen LogP contribution in [0, 0.1) is 0 Å². The van der Waals surface area contributed by atoms with Crippen LogP contribution in [0.15, 0.2) is 18.2 Å². The molecule has 0 bridgehead atoms. The molecular formula is C13H18ClNO. The third kappa shape index (κ3) is 2.89. The fourth-order valence-corrected chi connectivity index (χ4v) is 2.42. The van der Waals surface area contributed by atoms with Crippen LogP contribution in [0.4, 0.5) is 0 Å². The molecule has 0 spiro atoms. The smallest absolute Gasteiger partial charge is 0.123 e. The second kappa shape index (κ2) is 5.55. The minimum absolute atomic E-state index is 0.785. The maximum atomic E-state index is 6.02. The van der Waals surface area contributed by atoms with Crippen molar-refractivity contribution in [3.8, 4) is 5.75 Å². The Morgan fingerprint density at radius 3 is 2.69 bits per heavy atom. The number of piperidine rings is 1. The van der Waals surface area contributed by atoms with Gasteiger partial charge in [-0.1, -0.05) is 18.0 Å². The van der Waals surface area contributed by atoms with E-state index in [1.165, 1.54) is 37.9 Å². The highest BCUT2D eigenvalue weighted by atomic mass is 35.5. The van der Waals surface area contributed by atoms with Gasteiger partial charge in [0, 0.05) is 17.1 Å². The summed E-state index contributed by atoms with van der Waals surface area (Å²) in [6.45, 7) is 3.33. The summed E-state index contributed by atoms with van der Waals surface area (Å²) in [5, 5.41) is 0.785. The minimum atomic E-state index is 0.785. The number of likely N-dealkylation sites (tertiary alicyclic amines) is 1. The molecule has 1 aromatic rings. The molecular weight excluding hydrogens is 222 g/mol. The lowest BCUT2D eigenvalue weighted by Crippen LogP contribution is -2.29. The molecule has 1 heterocycles. The zero-order valence-corrected chi connectivity index (χ0v) is 10.5. The average Bonchev–Trinajstić information content (AvgIpc) is 2.31. The van der Waals surface area contributed by atoms with Gasteiger partial charge in [0.05, 0.1) is 7.11 Å². The maximum Gasteiger partial charge on any atom is 0.123 e. The topological polar surface area (TPSA) is 12.5 Å². The lowest BCUT2D eigenvalue weighted by molar-refractivity contribution is 0.218. The molecule has 1 aromatic carbocycles. The first-order valence-corrected chi connectivity index (χ1v) is 6.22. The summed E-state index contributed by atoms with van der Waals surface area (Å²) in [6, 6.07) is 5.83. The number of benzene rings is 1. The standard InChI is InChI=1S/C13H18ClNO/c1-16-13-6-5-12(14)9-11(13)10-15-7-3-2-4-8-15/h5-6,9H,2-4,7-8,10H2,1H3. The summed E-state index contributed by atoms with van der Waals surface area (Å²) < 4.78 is 5.36. The van der Waals surface area contributed by atoms with Crippen LogP contribution in [0.1, 0.15) is 24.8 Å². The molecule has 1 aliphatic heterocycles. The highest BCUT2D eigenvalue weighted by Crippen LogP contribution is 2.25. The maximum absolute atomic E-state index is 6.02. The monoisotopic (exact) mass is 239 g/mol. The van der Waals surface area contributed by atoms with Crippen molar-refractivity contribution < 1.29 is 4.74 Å². The molecule has 16 heavy (non-hydrogen) atoms. The van der Waals surface area contributed by atoms with E-state index >= 15 is 0 Å². The molecule has 0 radical (unpaired) electrons. The van der Waals surface area contributed by atoms with Crippen LogP contribution in [0.3, 0.4) is 0 Å². The van der Waals surface area contributed by atoms with Gasteiger partial charge >= 0.3 is 0 Å². The van der Waals surface area contributed by atoms with Crippen molar-refractivity contribution in [3.05, 3.63) is 28.8 Å². The highest BCUT2D eigenvalue weighted by Gasteiger charge is 2.13. The largest absolute Gasteiger partial charge is 0.496 e. The molecule has 1 fully saturated rings. The quantitative estimate of drug-likeness (QED) is 0.802. The van der Waals surface area contributed by atoms with E-state index in [2.05, 4.69) is 4.90 Å². The van der Waals surface area contributed by atoms with Crippen LogP contribution in [-0.4, -0.2) is 25.1 Å². The summed E-state index contributed by atoms with van der Waals surface area (Å²) in [7, 11) is 1.71. The third-order valence-electron chi connectivity index (χ3n) is 3.09. The van der Waals surface area contributed by atoms with Crippen molar-refractivity contribution in [1.82, 2.24) is 4.90 Å². The van der Waals surface area contributed by atoms with Gasteiger partial charge in [-0.3, -0.25) is 4.90 Å². The molecule has 2 rings (SSSR count). The molecule has 88 valence electrons. The van der Waals surface area contributed by atoms with E-state index in [-0.39, 0.29) is 0 Å². The van der Waals surface area contributed by atoms with E-state index in [4.69, 9.17) is 16.3 Å². The molecule has 1 aliphatic rings. The highest BCUT2D eigenvalue weighted by molar-refractivity contribution is 6.30. The SMILES string of the molecule is COc1ccc(Cl)cc1CN1CCCCC1. The fourth-order valence-electron chi connectivity index (χ4n) is 2.23. The Labute approximate surface area is 102 Å². The second-order valence-corrected chi connectivity index (χ2v) is 4.73. The number of ether oxygens (including phenoxy) is 1. The molecule has 2 nitrogen and oxygen atoms in total. The fraction of sp³-hybridized carbons (Fsp3) is 0.538. The molecule has 0 atom stereocenters. The lowest BCUT2D eigenvalue weighted by Gasteiger charge is -2.27. The van der Waals surface area contributed by atoms with Gasteiger partial charge < -0.3 is 4.74 Å². The minimum Gasteiger partial charge on any atom is -0.496 e. The molecule has 0 aliphatic carbocycles. The summed E-state index contributed by atoms with van der Waals surface area (Å²) >= 11 is 6.02. The van der Waals surface area contributed by atoms with Gasteiger partial charge in [-0.2, -0.15) is 0 Å². The van der Waals surface area contributed by atoms with E-state index in [1.807, 2.05) is 18.2 Å². The Morgan fingerprint density at radius 2 is 2.00 bits per heavy atom. The third-order valence-corrected chi connectivity index (χ3v) is 3.32. The summed E-state index contributed by atoms with van der Waals surface area (Å²) in [5.74, 6) is 0.940. The Kier molecular flexibility index (Phi) is 4.08. The van der Waals surface area contributed by atoms with Crippen molar-refractivity contribution in [2.24, 2.45) is 0 Å². The number of hydrogen-bond donors (Lipinski definition) is 0. The predicted molar refractivity (Wildman–Crippen MR) is 67.1 cm³/mol. The summed E-state index contributed by atoms with van der Waals surface area (Å²) in [4.78, 5) is 2.47. The first-order valence-electron chi connectivity index (χ1n) is 5.84. The van der Waals surface area contributed by atoms with Crippen LogP contribution >= 0.6 is 11.6 Å². The van der Waals surface area contributed by atoms with E-state index < -0.39 is 0 Å². The Bertz CT molecular complexity index is 348. The number of nitrogens with zero attached hydrogens (tertiary/aromatic N) is 1. The van der Waals surface area contributed by atoms with Crippen LogP contribution in [0.2, 0.25) is 5.02 Å². The molecule has 3 heteroatoms. The van der Waals surface area contributed by atoms with Gasteiger partial charge in [-0.05, 0) is 44.1 Å². The number of rotatable bonds is 3. The van der Waals surface area contributed by atoms with Crippen molar-refractivity contribution >= 4 is 11.6 Å². The lowest BCUT2D eigenvalue weighted by atomic mass is 10.1. The van der Waals surface area contributed by atoms with Gasteiger partial charge in [0.1, 0.15) is 5.75 Å². The average molecular weight is 240 g/mol. The van der Waals surface area contributed by atoms with Crippen molar-refractivity contribution in [2.45, 2.75) is 25.8 Å². The van der Waals surface area contributed by atoms with E-state index in [9.17, 15) is 0 Å². The van der Waals surface area contributed by atoms with Crippen molar-refractivity contribution in [3.63, 3.8) is 0 Å². The van der Waals surface area contributed by atoms with Gasteiger partial charge in [0.15, 0.2) is 0 Å². The predicted octanol–water partition coefficient (Wildman–Crippen LogP) is 3.33. The van der Waals surface area contributed by atoms with Gasteiger partial charge in [0.25, 0.3) is 0 Å². The van der Waals surface area contributed by atoms with Gasteiger partial charge in [-0.15, -0.1) is 0 Å². The Hall–Kier alpha value is -0.730. The van der Waals surface area contributed by atoms with E-state index in [1.54, 1.807) is 7.11 Å². The zero-order chi connectivity index (χ0) is 11.4. The molecule has 0 N–H and O–H groups in total. The van der Waals surface area contributed by atoms with Crippen molar-refractivity contribution in [1.29, 1.82) is 0 Å². The molecule has 0 unspecified atom stereocenters. The van der Waals surface area contributed by atoms with Crippen LogP contribution in [-0.2, 0) is 6.54 Å². The first kappa shape index (κ1) is 11.7. The normalized spacial score (nSPS) is 17.4. The molecule has 0 aromatic heterocycles. The Morgan fingerprint density at radius 1 is 1.25 bits per heavy atom. The number of hydrogen-bond acceptors (Lipinski definition) is 2. The summed E-state index contributed by atoms with van der Waals surface area (Å²) in [6.07, 6.45) is 3.98. The molecule has 0 saturated carbocycles. The Balaban J connectivity index is 2.09. The first-order chi connectivity index (χ1) is 7.79. The van der Waals surface area contributed by atoms with Crippen LogP contribution < -0.4 is 4.74 Å². The number of halogens is 1. The van der Waals surface area contributed by atoms with Crippen LogP contribution in [0.5, 0.6) is 5.75 Å². The van der Waals surface area contributed by atoms with Gasteiger partial charge in [0.2, 0.25) is 0 Å². The second-order valence-electron chi connectivity index (χ2n) is 4.29.